The topological polar surface area (TPSA) is 98.5 Å². The van der Waals surface area contributed by atoms with Crippen LogP contribution in [0.4, 0.5) is 0 Å². The highest BCUT2D eigenvalue weighted by Gasteiger charge is 2.33. The molecule has 2 aliphatic rings. The minimum Gasteiger partial charge on any atom is -0.392 e. The standard InChI is InChI=1S/C29H36N6O2/c1-16(2)26-23-12-20(19-7-9-34(10-8-19)29(37)25-13-22(36)14-30-25)5-6-24(23)32-27(26)21-11-17(3)28-31-18(4)33-35(28)15-21/h5-6,11-12,15-16,19,22,25,30,32,36H,7-10,13-14H2,1-4H3/t22-,25+/m1/s1. The van der Waals surface area contributed by atoms with E-state index in [-0.39, 0.29) is 11.9 Å². The highest BCUT2D eigenvalue weighted by atomic mass is 16.3. The second-order valence-corrected chi connectivity index (χ2v) is 11.2. The number of aliphatic hydroxyl groups is 1. The molecule has 6 rings (SSSR count). The van der Waals surface area contributed by atoms with Crippen LogP contribution in [-0.4, -0.2) is 67.3 Å². The van der Waals surface area contributed by atoms with Crippen LogP contribution in [0.15, 0.2) is 30.5 Å². The first-order valence-corrected chi connectivity index (χ1v) is 13.5. The van der Waals surface area contributed by atoms with E-state index in [1.54, 1.807) is 0 Å². The fourth-order valence-electron chi connectivity index (χ4n) is 6.26. The van der Waals surface area contributed by atoms with Gasteiger partial charge in [-0.3, -0.25) is 4.79 Å². The van der Waals surface area contributed by atoms with Gasteiger partial charge in [0.15, 0.2) is 5.65 Å². The third-order valence-corrected chi connectivity index (χ3v) is 8.14. The second kappa shape index (κ2) is 9.26. The summed E-state index contributed by atoms with van der Waals surface area (Å²) in [5.41, 5.74) is 8.09. The van der Waals surface area contributed by atoms with Crippen molar-refractivity contribution in [3.63, 3.8) is 0 Å². The molecule has 0 radical (unpaired) electrons. The fraction of sp³-hybridized carbons (Fsp3) is 0.483. The molecule has 3 N–H and O–H groups in total. The van der Waals surface area contributed by atoms with Gasteiger partial charge in [0, 0.05) is 42.3 Å². The quantitative estimate of drug-likeness (QED) is 0.393. The Morgan fingerprint density at radius 1 is 1.16 bits per heavy atom. The molecule has 194 valence electrons. The maximum atomic E-state index is 12.9. The van der Waals surface area contributed by atoms with E-state index >= 15 is 0 Å². The van der Waals surface area contributed by atoms with Crippen molar-refractivity contribution in [2.24, 2.45) is 0 Å². The van der Waals surface area contributed by atoms with Gasteiger partial charge in [0.1, 0.15) is 5.82 Å². The Kier molecular flexibility index (Phi) is 6.04. The third kappa shape index (κ3) is 4.32. The number of hydrogen-bond donors (Lipinski definition) is 3. The summed E-state index contributed by atoms with van der Waals surface area (Å²) in [5, 5.41) is 18.8. The first-order chi connectivity index (χ1) is 17.8. The van der Waals surface area contributed by atoms with Gasteiger partial charge in [-0.15, -0.1) is 0 Å². The molecule has 0 spiro atoms. The Labute approximate surface area is 217 Å². The average Bonchev–Trinajstić information content (AvgIpc) is 3.59. The summed E-state index contributed by atoms with van der Waals surface area (Å²) in [4.78, 5) is 23.1. The Bertz CT molecular complexity index is 1480. The van der Waals surface area contributed by atoms with E-state index in [9.17, 15) is 9.90 Å². The maximum absolute atomic E-state index is 12.9. The van der Waals surface area contributed by atoms with Crippen molar-refractivity contribution in [3.8, 4) is 11.3 Å². The van der Waals surface area contributed by atoms with Gasteiger partial charge >= 0.3 is 0 Å². The molecule has 2 fully saturated rings. The molecule has 8 heteroatoms. The van der Waals surface area contributed by atoms with E-state index < -0.39 is 6.10 Å². The van der Waals surface area contributed by atoms with Crippen molar-refractivity contribution in [2.75, 3.05) is 19.6 Å². The third-order valence-electron chi connectivity index (χ3n) is 8.14. The number of aromatic nitrogens is 4. The Morgan fingerprint density at radius 2 is 1.95 bits per heavy atom. The molecule has 0 saturated carbocycles. The molecular formula is C29H36N6O2. The van der Waals surface area contributed by atoms with Crippen LogP contribution in [0.25, 0.3) is 27.8 Å². The summed E-state index contributed by atoms with van der Waals surface area (Å²) < 4.78 is 1.89. The van der Waals surface area contributed by atoms with Crippen LogP contribution in [0, 0.1) is 13.8 Å². The molecule has 2 saturated heterocycles. The highest BCUT2D eigenvalue weighted by Crippen LogP contribution is 2.38. The second-order valence-electron chi connectivity index (χ2n) is 11.2. The number of fused-ring (bicyclic) bond motifs is 2. The van der Waals surface area contributed by atoms with Gasteiger partial charge in [0.25, 0.3) is 0 Å². The van der Waals surface area contributed by atoms with Crippen molar-refractivity contribution < 1.29 is 9.90 Å². The Balaban J connectivity index is 1.28. The van der Waals surface area contributed by atoms with Gasteiger partial charge < -0.3 is 20.3 Å². The number of benzene rings is 1. The van der Waals surface area contributed by atoms with Gasteiger partial charge in [0.05, 0.1) is 17.8 Å². The number of carbonyl (C=O) groups excluding carboxylic acids is 1. The van der Waals surface area contributed by atoms with Gasteiger partial charge in [0.2, 0.25) is 5.91 Å². The van der Waals surface area contributed by atoms with Gasteiger partial charge in [-0.2, -0.15) is 5.10 Å². The zero-order chi connectivity index (χ0) is 25.8. The summed E-state index contributed by atoms with van der Waals surface area (Å²) in [6, 6.07) is 8.79. The zero-order valence-corrected chi connectivity index (χ0v) is 22.1. The summed E-state index contributed by atoms with van der Waals surface area (Å²) in [7, 11) is 0. The predicted octanol–water partition coefficient (Wildman–Crippen LogP) is 4.05. The van der Waals surface area contributed by atoms with Gasteiger partial charge in [-0.25, -0.2) is 9.50 Å². The highest BCUT2D eigenvalue weighted by molar-refractivity contribution is 5.92. The molecule has 1 amide bonds. The predicted molar refractivity (Wildman–Crippen MR) is 145 cm³/mol. The molecule has 0 unspecified atom stereocenters. The van der Waals surface area contributed by atoms with E-state index in [4.69, 9.17) is 0 Å². The van der Waals surface area contributed by atoms with Crippen LogP contribution < -0.4 is 5.32 Å². The first-order valence-electron chi connectivity index (χ1n) is 13.5. The summed E-state index contributed by atoms with van der Waals surface area (Å²) in [5.74, 6) is 1.69. The van der Waals surface area contributed by atoms with E-state index in [1.807, 2.05) is 16.3 Å². The maximum Gasteiger partial charge on any atom is 0.239 e. The fourth-order valence-corrected chi connectivity index (χ4v) is 6.26. The van der Waals surface area contributed by atoms with Crippen molar-refractivity contribution >= 4 is 22.5 Å². The minimum atomic E-state index is -0.411. The monoisotopic (exact) mass is 500 g/mol. The molecule has 8 nitrogen and oxygen atoms in total. The van der Waals surface area contributed by atoms with E-state index in [0.29, 0.717) is 24.8 Å². The molecule has 3 aromatic heterocycles. The number of nitrogens with zero attached hydrogens (tertiary/aromatic N) is 4. The molecule has 1 aromatic carbocycles. The minimum absolute atomic E-state index is 0.137. The number of carbonyl (C=O) groups is 1. The normalized spacial score (nSPS) is 21.1. The summed E-state index contributed by atoms with van der Waals surface area (Å²) in [6.07, 6.45) is 4.10. The lowest BCUT2D eigenvalue weighted by Crippen LogP contribution is -2.46. The van der Waals surface area contributed by atoms with Crippen molar-refractivity contribution in [1.82, 2.24) is 29.8 Å². The lowest BCUT2D eigenvalue weighted by Gasteiger charge is -2.34. The molecule has 0 bridgehead atoms. The van der Waals surface area contributed by atoms with E-state index in [1.165, 1.54) is 16.5 Å². The number of hydrogen-bond acceptors (Lipinski definition) is 5. The zero-order valence-electron chi connectivity index (χ0n) is 22.1. The van der Waals surface area contributed by atoms with Crippen LogP contribution in [0.2, 0.25) is 0 Å². The number of H-pyrrole nitrogens is 1. The van der Waals surface area contributed by atoms with Gasteiger partial charge in [-0.05, 0) is 79.8 Å². The SMILES string of the molecule is Cc1nc2c(C)cc(-c3[nH]c4ccc(C5CCN(C(=O)[C@@H]6C[C@@H](O)CN6)CC5)cc4c3C(C)C)cn2n1. The lowest BCUT2D eigenvalue weighted by atomic mass is 9.87. The largest absolute Gasteiger partial charge is 0.392 e. The van der Waals surface area contributed by atoms with Crippen LogP contribution in [-0.2, 0) is 4.79 Å². The number of aliphatic hydroxyl groups excluding tert-OH is 1. The smallest absolute Gasteiger partial charge is 0.239 e. The molecular weight excluding hydrogens is 464 g/mol. The van der Waals surface area contributed by atoms with E-state index in [2.05, 4.69) is 71.6 Å². The van der Waals surface area contributed by atoms with Crippen LogP contribution in [0.5, 0.6) is 0 Å². The number of aryl methyl sites for hydroxylation is 2. The summed E-state index contributed by atoms with van der Waals surface area (Å²) in [6.45, 7) is 10.6. The van der Waals surface area contributed by atoms with Crippen LogP contribution in [0.3, 0.4) is 0 Å². The number of piperidine rings is 1. The number of nitrogens with one attached hydrogen (secondary N) is 2. The summed E-state index contributed by atoms with van der Waals surface area (Å²) >= 11 is 0. The first kappa shape index (κ1) is 24.1. The Hall–Kier alpha value is -3.23. The van der Waals surface area contributed by atoms with Crippen molar-refractivity contribution in [2.45, 2.75) is 70.9 Å². The van der Waals surface area contributed by atoms with Crippen molar-refractivity contribution in [3.05, 3.63) is 53.0 Å². The van der Waals surface area contributed by atoms with Crippen molar-refractivity contribution in [1.29, 1.82) is 0 Å². The molecule has 2 atom stereocenters. The molecule has 4 aromatic rings. The van der Waals surface area contributed by atoms with E-state index in [0.717, 1.165) is 59.7 Å². The molecule has 2 aliphatic heterocycles. The molecule has 5 heterocycles. The molecule has 0 aliphatic carbocycles. The number of amides is 1. The number of pyridine rings is 1. The average molecular weight is 501 g/mol. The van der Waals surface area contributed by atoms with Crippen LogP contribution in [0.1, 0.15) is 67.5 Å². The number of β-amino-alcohol motifs (C(OH)–C–C–N with tert-alkyl or cyclic N) is 1. The number of likely N-dealkylation sites (tertiary alicyclic amines) is 1. The lowest BCUT2D eigenvalue weighted by molar-refractivity contribution is -0.134. The molecule has 37 heavy (non-hydrogen) atoms. The van der Waals surface area contributed by atoms with Gasteiger partial charge in [-0.1, -0.05) is 19.9 Å². The Morgan fingerprint density at radius 3 is 2.65 bits per heavy atom. The van der Waals surface area contributed by atoms with Crippen LogP contribution >= 0.6 is 0 Å². The number of rotatable bonds is 4. The number of aromatic amines is 1.